The number of carbonyl (C=O) groups is 2. The molecule has 0 aliphatic rings. The number of hydrogen-bond acceptors (Lipinski definition) is 6. The molecule has 0 unspecified atom stereocenters. The van der Waals surface area contributed by atoms with E-state index in [0.29, 0.717) is 38.0 Å². The SMILES string of the molecule is COc1ccc(Cl)cc1NC(=O)CSc1nnc([C@@H](NC(=O)c2ccc(Cl)cc2Cl)C(C)C)n1C. The predicted octanol–water partition coefficient (Wildman–Crippen LogP) is 5.64. The molecule has 2 N–H and O–H groups in total. The molecule has 3 rings (SSSR count). The fourth-order valence-electron chi connectivity index (χ4n) is 3.24. The highest BCUT2D eigenvalue weighted by molar-refractivity contribution is 7.99. The lowest BCUT2D eigenvalue weighted by Gasteiger charge is -2.22. The molecule has 3 aromatic rings. The Labute approximate surface area is 222 Å². The molecule has 8 nitrogen and oxygen atoms in total. The highest BCUT2D eigenvalue weighted by atomic mass is 35.5. The maximum atomic E-state index is 12.9. The number of rotatable bonds is 9. The summed E-state index contributed by atoms with van der Waals surface area (Å²) >= 11 is 19.4. The number of carbonyl (C=O) groups excluding carboxylic acids is 2. The number of hydrogen-bond donors (Lipinski definition) is 2. The van der Waals surface area contributed by atoms with E-state index in [1.165, 1.54) is 24.9 Å². The number of methoxy groups -OCH3 is 1. The molecular weight excluding hydrogens is 533 g/mol. The third-order valence-electron chi connectivity index (χ3n) is 5.04. The van der Waals surface area contributed by atoms with Crippen LogP contribution in [0.3, 0.4) is 0 Å². The van der Waals surface area contributed by atoms with Crippen LogP contribution < -0.4 is 15.4 Å². The summed E-state index contributed by atoms with van der Waals surface area (Å²) in [7, 11) is 3.30. The smallest absolute Gasteiger partial charge is 0.253 e. The normalized spacial score (nSPS) is 11.9. The summed E-state index contributed by atoms with van der Waals surface area (Å²) < 4.78 is 7.01. The summed E-state index contributed by atoms with van der Waals surface area (Å²) in [5, 5.41) is 16.0. The Morgan fingerprint density at radius 1 is 1.09 bits per heavy atom. The zero-order valence-electron chi connectivity index (χ0n) is 19.4. The van der Waals surface area contributed by atoms with Crippen molar-refractivity contribution in [3.63, 3.8) is 0 Å². The van der Waals surface area contributed by atoms with Gasteiger partial charge in [0.1, 0.15) is 5.75 Å². The van der Waals surface area contributed by atoms with Crippen LogP contribution >= 0.6 is 46.6 Å². The first-order valence-corrected chi connectivity index (χ1v) is 12.6. The Kier molecular flexibility index (Phi) is 9.29. The van der Waals surface area contributed by atoms with E-state index < -0.39 is 6.04 Å². The molecule has 0 saturated heterocycles. The molecule has 2 aromatic carbocycles. The molecule has 35 heavy (non-hydrogen) atoms. The minimum Gasteiger partial charge on any atom is -0.495 e. The van der Waals surface area contributed by atoms with E-state index in [2.05, 4.69) is 20.8 Å². The van der Waals surface area contributed by atoms with Gasteiger partial charge in [0, 0.05) is 17.1 Å². The predicted molar refractivity (Wildman–Crippen MR) is 140 cm³/mol. The minimum absolute atomic E-state index is 0.00404. The van der Waals surface area contributed by atoms with Gasteiger partial charge >= 0.3 is 0 Å². The average molecular weight is 557 g/mol. The van der Waals surface area contributed by atoms with Crippen molar-refractivity contribution < 1.29 is 14.3 Å². The van der Waals surface area contributed by atoms with E-state index >= 15 is 0 Å². The van der Waals surface area contributed by atoms with Gasteiger partial charge in [0.15, 0.2) is 11.0 Å². The largest absolute Gasteiger partial charge is 0.495 e. The molecule has 0 aliphatic heterocycles. The first-order chi connectivity index (χ1) is 16.6. The Bertz CT molecular complexity index is 1240. The van der Waals surface area contributed by atoms with Crippen LogP contribution in [-0.4, -0.2) is 39.4 Å². The fraction of sp³-hybridized carbons (Fsp3) is 0.304. The highest BCUT2D eigenvalue weighted by Crippen LogP contribution is 2.29. The van der Waals surface area contributed by atoms with E-state index in [-0.39, 0.29) is 28.5 Å². The highest BCUT2D eigenvalue weighted by Gasteiger charge is 2.26. The molecule has 1 heterocycles. The quantitative estimate of drug-likeness (QED) is 0.331. The number of thioether (sulfide) groups is 1. The van der Waals surface area contributed by atoms with Crippen LogP contribution in [-0.2, 0) is 11.8 Å². The maximum Gasteiger partial charge on any atom is 0.253 e. The molecule has 1 atom stereocenters. The lowest BCUT2D eigenvalue weighted by Crippen LogP contribution is -2.33. The molecule has 0 bridgehead atoms. The number of anilines is 1. The van der Waals surface area contributed by atoms with Crippen molar-refractivity contribution in [2.75, 3.05) is 18.2 Å². The molecule has 0 spiro atoms. The second-order valence-corrected chi connectivity index (χ2v) is 10.1. The van der Waals surface area contributed by atoms with Crippen molar-refractivity contribution in [1.29, 1.82) is 0 Å². The van der Waals surface area contributed by atoms with Crippen molar-refractivity contribution in [1.82, 2.24) is 20.1 Å². The first kappa shape index (κ1) is 27.1. The van der Waals surface area contributed by atoms with Crippen LogP contribution in [0.5, 0.6) is 5.75 Å². The number of benzene rings is 2. The Morgan fingerprint density at radius 2 is 1.77 bits per heavy atom. The van der Waals surface area contributed by atoms with E-state index in [1.54, 1.807) is 41.9 Å². The fourth-order valence-corrected chi connectivity index (χ4v) is 4.62. The summed E-state index contributed by atoms with van der Waals surface area (Å²) in [6.07, 6.45) is 0. The third kappa shape index (κ3) is 6.82. The van der Waals surface area contributed by atoms with Crippen LogP contribution in [0.2, 0.25) is 15.1 Å². The van der Waals surface area contributed by atoms with Crippen molar-refractivity contribution >= 4 is 64.1 Å². The van der Waals surface area contributed by atoms with Crippen molar-refractivity contribution in [3.8, 4) is 5.75 Å². The van der Waals surface area contributed by atoms with E-state index in [1.807, 2.05) is 13.8 Å². The van der Waals surface area contributed by atoms with Gasteiger partial charge in [0.25, 0.3) is 5.91 Å². The Hall–Kier alpha value is -2.46. The van der Waals surface area contributed by atoms with Crippen molar-refractivity contribution in [3.05, 3.63) is 62.9 Å². The van der Waals surface area contributed by atoms with Crippen molar-refractivity contribution in [2.45, 2.75) is 25.0 Å². The number of halogens is 3. The van der Waals surface area contributed by atoms with Gasteiger partial charge in [0.05, 0.1) is 35.2 Å². The molecule has 1 aromatic heterocycles. The summed E-state index contributed by atoms with van der Waals surface area (Å²) in [6, 6.07) is 9.23. The third-order valence-corrected chi connectivity index (χ3v) is 6.85. The number of nitrogens with zero attached hydrogens (tertiary/aromatic N) is 3. The summed E-state index contributed by atoms with van der Waals surface area (Å²) in [5.74, 6) is 0.539. The van der Waals surface area contributed by atoms with Gasteiger partial charge in [-0.1, -0.05) is 60.4 Å². The minimum atomic E-state index is -0.439. The zero-order chi connectivity index (χ0) is 25.7. The van der Waals surface area contributed by atoms with Gasteiger partial charge in [0.2, 0.25) is 5.91 Å². The monoisotopic (exact) mass is 555 g/mol. The standard InChI is InChI=1S/C23H24Cl3N5O3S/c1-12(2)20(28-22(33)15-7-5-13(24)9-16(15)26)21-29-30-23(31(21)3)35-11-19(32)27-17-10-14(25)6-8-18(17)34-4/h5-10,12,20H,11H2,1-4H3,(H,27,32)(H,28,33)/t20-/m0/s1. The van der Waals surface area contributed by atoms with Crippen LogP contribution in [0.25, 0.3) is 0 Å². The van der Waals surface area contributed by atoms with Crippen LogP contribution in [0, 0.1) is 5.92 Å². The summed E-state index contributed by atoms with van der Waals surface area (Å²) in [6.45, 7) is 3.92. The molecule has 0 saturated carbocycles. The number of nitrogens with one attached hydrogen (secondary N) is 2. The lowest BCUT2D eigenvalue weighted by atomic mass is 10.0. The molecular formula is C23H24Cl3N5O3S. The second-order valence-electron chi connectivity index (χ2n) is 7.90. The van der Waals surface area contributed by atoms with E-state index in [0.717, 1.165) is 0 Å². The van der Waals surface area contributed by atoms with Gasteiger partial charge in [-0.15, -0.1) is 10.2 Å². The molecule has 0 aliphatic carbocycles. The lowest BCUT2D eigenvalue weighted by molar-refractivity contribution is -0.113. The first-order valence-electron chi connectivity index (χ1n) is 10.5. The van der Waals surface area contributed by atoms with Gasteiger partial charge in [-0.2, -0.15) is 0 Å². The molecule has 2 amide bonds. The second kappa shape index (κ2) is 12.0. The van der Waals surface area contributed by atoms with Gasteiger partial charge < -0.3 is 19.9 Å². The number of amides is 2. The van der Waals surface area contributed by atoms with Crippen LogP contribution in [0.15, 0.2) is 41.6 Å². The number of ether oxygens (including phenoxy) is 1. The number of aromatic nitrogens is 3. The van der Waals surface area contributed by atoms with Gasteiger partial charge in [-0.05, 0) is 42.3 Å². The molecule has 0 radical (unpaired) electrons. The molecule has 12 heteroatoms. The van der Waals surface area contributed by atoms with Crippen LogP contribution in [0.1, 0.15) is 36.1 Å². The zero-order valence-corrected chi connectivity index (χ0v) is 22.5. The molecule has 186 valence electrons. The summed E-state index contributed by atoms with van der Waals surface area (Å²) in [5.41, 5.74) is 0.791. The Balaban J connectivity index is 1.70. The Morgan fingerprint density at radius 3 is 2.43 bits per heavy atom. The van der Waals surface area contributed by atoms with Gasteiger partial charge in [-0.25, -0.2) is 0 Å². The maximum absolute atomic E-state index is 12.9. The van der Waals surface area contributed by atoms with E-state index in [4.69, 9.17) is 39.5 Å². The average Bonchev–Trinajstić information content (AvgIpc) is 3.15. The van der Waals surface area contributed by atoms with E-state index in [9.17, 15) is 9.59 Å². The van der Waals surface area contributed by atoms with Crippen LogP contribution in [0.4, 0.5) is 5.69 Å². The topological polar surface area (TPSA) is 98.1 Å². The van der Waals surface area contributed by atoms with Crippen molar-refractivity contribution in [2.24, 2.45) is 13.0 Å². The summed E-state index contributed by atoms with van der Waals surface area (Å²) in [4.78, 5) is 25.4. The van der Waals surface area contributed by atoms with Gasteiger partial charge in [-0.3, -0.25) is 9.59 Å². The molecule has 0 fully saturated rings.